The molecule has 204 valence electrons. The van der Waals surface area contributed by atoms with Crippen LogP contribution in [0.5, 0.6) is 11.8 Å². The summed E-state index contributed by atoms with van der Waals surface area (Å²) in [5.74, 6) is 1.23. The number of rotatable bonds is 4. The molecule has 2 aromatic rings. The summed E-state index contributed by atoms with van der Waals surface area (Å²) in [4.78, 5) is 14.7. The molecule has 1 spiro atoms. The maximum absolute atomic E-state index is 14.4. The molecule has 1 aromatic heterocycles. The molecule has 0 amide bonds. The second kappa shape index (κ2) is 9.63. The minimum atomic E-state index is -0.782. The number of fused-ring (bicyclic) bond motifs is 4. The van der Waals surface area contributed by atoms with E-state index in [9.17, 15) is 9.50 Å². The van der Waals surface area contributed by atoms with E-state index >= 15 is 0 Å². The predicted octanol–water partition coefficient (Wildman–Crippen LogP) is 4.82. The van der Waals surface area contributed by atoms with Crippen LogP contribution in [0.4, 0.5) is 10.2 Å². The number of aromatic nitrogens is 2. The van der Waals surface area contributed by atoms with E-state index in [-0.39, 0.29) is 11.3 Å². The van der Waals surface area contributed by atoms with Gasteiger partial charge in [-0.25, -0.2) is 4.39 Å². The smallest absolute Gasteiger partial charge is 0.318 e. The fourth-order valence-corrected chi connectivity index (χ4v) is 7.82. The number of benzene rings is 1. The monoisotopic (exact) mass is 522 g/mol. The number of nitrogens with zero attached hydrogens (tertiary/aromatic N) is 4. The number of hydrogen-bond donors (Lipinski definition) is 1. The first-order valence-electron chi connectivity index (χ1n) is 14.7. The Balaban J connectivity index is 1.24. The van der Waals surface area contributed by atoms with Crippen molar-refractivity contribution >= 4 is 5.82 Å². The van der Waals surface area contributed by atoms with E-state index in [0.717, 1.165) is 87.2 Å². The quantitative estimate of drug-likeness (QED) is 0.617. The van der Waals surface area contributed by atoms with Gasteiger partial charge in [-0.15, -0.1) is 0 Å². The molecule has 0 bridgehead atoms. The molecule has 3 saturated heterocycles. The van der Waals surface area contributed by atoms with Gasteiger partial charge < -0.3 is 19.5 Å². The van der Waals surface area contributed by atoms with Crippen LogP contribution < -0.4 is 9.64 Å². The second-order valence-electron chi connectivity index (χ2n) is 12.2. The molecule has 8 heteroatoms. The third-order valence-corrected chi connectivity index (χ3v) is 9.74. The minimum Gasteiger partial charge on any atom is -0.508 e. The van der Waals surface area contributed by atoms with Gasteiger partial charge in [-0.1, -0.05) is 18.9 Å². The molecule has 3 atom stereocenters. The molecule has 0 saturated carbocycles. The van der Waals surface area contributed by atoms with Crippen LogP contribution in [0, 0.1) is 0 Å². The molecule has 1 aliphatic carbocycles. The van der Waals surface area contributed by atoms with Crippen LogP contribution in [0.3, 0.4) is 0 Å². The SMILES string of the molecule is Oc1ccc2c(c1)C1(CCC2)Cc2nc(OC[C@@]34CCCN3C[C@H](F)C4)nc(N3CCCCCC3)c2CO1. The highest BCUT2D eigenvalue weighted by molar-refractivity contribution is 5.52. The summed E-state index contributed by atoms with van der Waals surface area (Å²) in [7, 11) is 0. The third-order valence-electron chi connectivity index (χ3n) is 9.74. The van der Waals surface area contributed by atoms with Gasteiger partial charge in [-0.2, -0.15) is 9.97 Å². The van der Waals surface area contributed by atoms with Crippen molar-refractivity contribution in [3.63, 3.8) is 0 Å². The highest BCUT2D eigenvalue weighted by atomic mass is 19.1. The van der Waals surface area contributed by atoms with Crippen LogP contribution in [0.25, 0.3) is 0 Å². The molecule has 0 radical (unpaired) electrons. The summed E-state index contributed by atoms with van der Waals surface area (Å²) in [5, 5.41) is 10.3. The molecule has 1 aromatic carbocycles. The van der Waals surface area contributed by atoms with Crippen molar-refractivity contribution in [2.75, 3.05) is 37.7 Å². The van der Waals surface area contributed by atoms with Crippen LogP contribution in [-0.2, 0) is 29.8 Å². The van der Waals surface area contributed by atoms with Gasteiger partial charge in [0.15, 0.2) is 0 Å². The average Bonchev–Trinajstić information content (AvgIpc) is 3.29. The number of phenolic OH excluding ortho intramolecular Hbond substituents is 1. The maximum atomic E-state index is 14.4. The molecule has 38 heavy (non-hydrogen) atoms. The van der Waals surface area contributed by atoms with Gasteiger partial charge in [0.2, 0.25) is 0 Å². The lowest BCUT2D eigenvalue weighted by Gasteiger charge is -2.43. The van der Waals surface area contributed by atoms with Crippen LogP contribution >= 0.6 is 0 Å². The largest absolute Gasteiger partial charge is 0.508 e. The zero-order valence-electron chi connectivity index (χ0n) is 22.3. The van der Waals surface area contributed by atoms with Gasteiger partial charge in [0, 0.05) is 38.0 Å². The Labute approximate surface area is 224 Å². The van der Waals surface area contributed by atoms with E-state index in [2.05, 4.69) is 9.80 Å². The Morgan fingerprint density at radius 1 is 1.05 bits per heavy atom. The number of alkyl halides is 1. The summed E-state index contributed by atoms with van der Waals surface area (Å²) in [5.41, 5.74) is 3.68. The van der Waals surface area contributed by atoms with Gasteiger partial charge in [0.1, 0.15) is 24.3 Å². The molecular formula is C30H39FN4O3. The van der Waals surface area contributed by atoms with Crippen molar-refractivity contribution < 1.29 is 19.0 Å². The maximum Gasteiger partial charge on any atom is 0.318 e. The van der Waals surface area contributed by atoms with E-state index < -0.39 is 11.8 Å². The predicted molar refractivity (Wildman–Crippen MR) is 142 cm³/mol. The van der Waals surface area contributed by atoms with Crippen LogP contribution in [0.15, 0.2) is 18.2 Å². The minimum absolute atomic E-state index is 0.231. The van der Waals surface area contributed by atoms with Gasteiger partial charge in [-0.3, -0.25) is 4.90 Å². The fraction of sp³-hybridized carbons (Fsp3) is 0.667. The number of aryl methyl sites for hydroxylation is 1. The molecule has 5 heterocycles. The molecule has 7 nitrogen and oxygen atoms in total. The zero-order chi connectivity index (χ0) is 25.7. The molecule has 1 unspecified atom stereocenters. The number of halogens is 1. The first kappa shape index (κ1) is 24.6. The summed E-state index contributed by atoms with van der Waals surface area (Å²) in [6.45, 7) is 4.30. The third kappa shape index (κ3) is 4.24. The van der Waals surface area contributed by atoms with Crippen LogP contribution in [0.2, 0.25) is 0 Å². The highest BCUT2D eigenvalue weighted by Crippen LogP contribution is 2.47. The van der Waals surface area contributed by atoms with Crippen molar-refractivity contribution in [3.8, 4) is 11.8 Å². The summed E-state index contributed by atoms with van der Waals surface area (Å²) in [6.07, 6.45) is 10.2. The van der Waals surface area contributed by atoms with Crippen molar-refractivity contribution in [3.05, 3.63) is 40.6 Å². The lowest BCUT2D eigenvalue weighted by atomic mass is 9.75. The van der Waals surface area contributed by atoms with E-state index in [4.69, 9.17) is 19.4 Å². The number of aromatic hydroxyl groups is 1. The molecule has 4 aliphatic heterocycles. The first-order valence-corrected chi connectivity index (χ1v) is 14.7. The molecule has 1 N–H and O–H groups in total. The van der Waals surface area contributed by atoms with E-state index in [1.54, 1.807) is 6.07 Å². The second-order valence-corrected chi connectivity index (χ2v) is 12.2. The summed E-state index contributed by atoms with van der Waals surface area (Å²) >= 11 is 0. The molecule has 3 fully saturated rings. The molecular weight excluding hydrogens is 483 g/mol. The Morgan fingerprint density at radius 2 is 1.92 bits per heavy atom. The van der Waals surface area contributed by atoms with Crippen molar-refractivity contribution in [2.24, 2.45) is 0 Å². The number of hydrogen-bond acceptors (Lipinski definition) is 7. The lowest BCUT2D eigenvalue weighted by molar-refractivity contribution is -0.0856. The van der Waals surface area contributed by atoms with Crippen LogP contribution in [0.1, 0.15) is 80.2 Å². The number of anilines is 1. The first-order chi connectivity index (χ1) is 18.5. The Bertz CT molecular complexity index is 1200. The van der Waals surface area contributed by atoms with E-state index in [0.29, 0.717) is 38.6 Å². The Kier molecular flexibility index (Phi) is 6.23. The topological polar surface area (TPSA) is 71.0 Å². The van der Waals surface area contributed by atoms with Gasteiger partial charge in [-0.05, 0) is 74.8 Å². The highest BCUT2D eigenvalue weighted by Gasteiger charge is 2.49. The van der Waals surface area contributed by atoms with Crippen LogP contribution in [-0.4, -0.2) is 64.5 Å². The number of ether oxygens (including phenoxy) is 2. The van der Waals surface area contributed by atoms with Crippen molar-refractivity contribution in [2.45, 2.75) is 94.5 Å². The summed E-state index contributed by atoms with van der Waals surface area (Å²) in [6, 6.07) is 6.11. The Hall–Kier alpha value is -2.45. The fourth-order valence-electron chi connectivity index (χ4n) is 7.82. The van der Waals surface area contributed by atoms with E-state index in [1.165, 1.54) is 18.4 Å². The zero-order valence-corrected chi connectivity index (χ0v) is 22.3. The standard InChI is InChI=1S/C30H39FN4O3/c31-22-16-29(10-6-14-35(29)18-22)20-37-28-32-26-17-30(11-5-7-21-8-9-23(36)15-25(21)30)38-19-24(26)27(33-28)34-12-3-1-2-4-13-34/h8-9,15,22,36H,1-7,10-14,16-20H2/t22-,29+,30?/m1/s1. The van der Waals surface area contributed by atoms with Gasteiger partial charge in [0.05, 0.1) is 23.4 Å². The number of phenols is 1. The van der Waals surface area contributed by atoms with Gasteiger partial charge in [0.25, 0.3) is 0 Å². The van der Waals surface area contributed by atoms with Gasteiger partial charge >= 0.3 is 6.01 Å². The molecule has 7 rings (SSSR count). The Morgan fingerprint density at radius 3 is 2.79 bits per heavy atom. The normalized spacial score (nSPS) is 31.1. The molecule has 5 aliphatic rings. The summed E-state index contributed by atoms with van der Waals surface area (Å²) < 4.78 is 27.5. The van der Waals surface area contributed by atoms with E-state index in [1.807, 2.05) is 12.1 Å². The average molecular weight is 523 g/mol. The van der Waals surface area contributed by atoms with Crippen molar-refractivity contribution in [1.82, 2.24) is 14.9 Å². The lowest BCUT2D eigenvalue weighted by Crippen LogP contribution is -2.44. The van der Waals surface area contributed by atoms with Crippen molar-refractivity contribution in [1.29, 1.82) is 0 Å².